The number of rotatable bonds is 7. The zero-order valence-electron chi connectivity index (χ0n) is 23.4. The standard InChI is InChI=1S/C35H37N3O2/c1-24-21-25(2)38-32-14-8-7-13-29(32)30(33(38)36-24)22-26-15-17-28(18-16-26)35(19-9-4-10-20-35)34(40)37-31(23-39)27-11-5-3-6-12-27/h3,5-8,11-18,21,31,39H,4,9-10,19-20,22-23H2,1-2H3,(H,37,40)/t31-/m1/s1. The van der Waals surface area contributed by atoms with Crippen LogP contribution in [0.5, 0.6) is 0 Å². The summed E-state index contributed by atoms with van der Waals surface area (Å²) >= 11 is 0. The molecule has 0 bridgehead atoms. The smallest absolute Gasteiger partial charge is 0.231 e. The maximum atomic E-state index is 13.9. The summed E-state index contributed by atoms with van der Waals surface area (Å²) in [5, 5.41) is 14.5. The molecule has 5 aromatic rings. The number of nitrogens with one attached hydrogen (secondary N) is 1. The fourth-order valence-electron chi connectivity index (χ4n) is 6.67. The van der Waals surface area contributed by atoms with Crippen molar-refractivity contribution in [3.05, 3.63) is 119 Å². The number of nitrogens with zero attached hydrogens (tertiary/aromatic N) is 2. The molecule has 2 N–H and O–H groups in total. The van der Waals surface area contributed by atoms with Crippen molar-refractivity contribution >= 4 is 22.5 Å². The molecule has 1 aliphatic rings. The monoisotopic (exact) mass is 531 g/mol. The van der Waals surface area contributed by atoms with Gasteiger partial charge >= 0.3 is 0 Å². The average molecular weight is 532 g/mol. The molecule has 1 aliphatic carbocycles. The highest BCUT2D eigenvalue weighted by atomic mass is 16.3. The topological polar surface area (TPSA) is 66.6 Å². The Bertz CT molecular complexity index is 1650. The maximum absolute atomic E-state index is 13.9. The van der Waals surface area contributed by atoms with Crippen LogP contribution in [0.3, 0.4) is 0 Å². The third-order valence-corrected chi connectivity index (χ3v) is 8.72. The largest absolute Gasteiger partial charge is 0.394 e. The molecule has 1 atom stereocenters. The lowest BCUT2D eigenvalue weighted by atomic mass is 9.68. The van der Waals surface area contributed by atoms with Crippen LogP contribution >= 0.6 is 0 Å². The minimum Gasteiger partial charge on any atom is -0.394 e. The number of carbonyl (C=O) groups is 1. The van der Waals surface area contributed by atoms with Crippen molar-refractivity contribution in [2.24, 2.45) is 0 Å². The lowest BCUT2D eigenvalue weighted by Crippen LogP contribution is -2.47. The van der Waals surface area contributed by atoms with Crippen LogP contribution in [0.1, 0.15) is 71.8 Å². The highest BCUT2D eigenvalue weighted by Crippen LogP contribution is 2.41. The van der Waals surface area contributed by atoms with Crippen molar-refractivity contribution in [2.75, 3.05) is 6.61 Å². The maximum Gasteiger partial charge on any atom is 0.231 e. The Kier molecular flexibility index (Phi) is 7.16. The summed E-state index contributed by atoms with van der Waals surface area (Å²) in [5.41, 5.74) is 8.24. The molecule has 2 aromatic heterocycles. The van der Waals surface area contributed by atoms with Gasteiger partial charge in [0.15, 0.2) is 0 Å². The van der Waals surface area contributed by atoms with Crippen molar-refractivity contribution in [1.82, 2.24) is 14.7 Å². The Balaban J connectivity index is 1.32. The first kappa shape index (κ1) is 26.3. The van der Waals surface area contributed by atoms with Crippen LogP contribution in [0.15, 0.2) is 84.9 Å². The molecule has 0 unspecified atom stereocenters. The number of fused-ring (bicyclic) bond motifs is 3. The molecule has 3 aromatic carbocycles. The van der Waals surface area contributed by atoms with Crippen LogP contribution in [0.2, 0.25) is 0 Å². The number of amides is 1. The van der Waals surface area contributed by atoms with Crippen molar-refractivity contribution in [1.29, 1.82) is 0 Å². The van der Waals surface area contributed by atoms with Gasteiger partial charge in [-0.15, -0.1) is 0 Å². The highest BCUT2D eigenvalue weighted by Gasteiger charge is 2.41. The van der Waals surface area contributed by atoms with Crippen molar-refractivity contribution in [3.8, 4) is 0 Å². The molecule has 0 radical (unpaired) electrons. The molecule has 2 heterocycles. The molecule has 5 nitrogen and oxygen atoms in total. The number of aromatic nitrogens is 2. The fraction of sp³-hybridized carbons (Fsp3) is 0.314. The summed E-state index contributed by atoms with van der Waals surface area (Å²) in [6.07, 6.45) is 5.61. The number of hydrogen-bond donors (Lipinski definition) is 2. The van der Waals surface area contributed by atoms with Gasteiger partial charge < -0.3 is 10.4 Å². The predicted octanol–water partition coefficient (Wildman–Crippen LogP) is 6.75. The van der Waals surface area contributed by atoms with E-state index < -0.39 is 11.5 Å². The molecule has 6 rings (SSSR count). The van der Waals surface area contributed by atoms with Gasteiger partial charge in [-0.2, -0.15) is 0 Å². The van der Waals surface area contributed by atoms with E-state index in [2.05, 4.69) is 78.2 Å². The molecule has 40 heavy (non-hydrogen) atoms. The van der Waals surface area contributed by atoms with Crippen molar-refractivity contribution in [2.45, 2.75) is 63.8 Å². The van der Waals surface area contributed by atoms with Gasteiger partial charge in [-0.05, 0) is 55.5 Å². The molecule has 1 fully saturated rings. The molecule has 1 amide bonds. The van der Waals surface area contributed by atoms with E-state index in [1.54, 1.807) is 0 Å². The molecule has 0 spiro atoms. The molecule has 5 heteroatoms. The van der Waals surface area contributed by atoms with Crippen LogP contribution in [0, 0.1) is 13.8 Å². The number of aliphatic hydroxyl groups excluding tert-OH is 1. The normalized spacial score (nSPS) is 15.8. The molecule has 0 saturated heterocycles. The third-order valence-electron chi connectivity index (χ3n) is 8.72. The average Bonchev–Trinajstić information content (AvgIpc) is 3.30. The number of benzene rings is 3. The van der Waals surface area contributed by atoms with E-state index in [1.165, 1.54) is 27.7 Å². The molecular formula is C35H37N3O2. The van der Waals surface area contributed by atoms with E-state index >= 15 is 0 Å². The van der Waals surface area contributed by atoms with Gasteiger partial charge in [0.2, 0.25) is 5.91 Å². The van der Waals surface area contributed by atoms with Gasteiger partial charge in [0.25, 0.3) is 0 Å². The summed E-state index contributed by atoms with van der Waals surface area (Å²) in [6, 6.07) is 28.7. The minimum atomic E-state index is -0.579. The zero-order valence-corrected chi connectivity index (χ0v) is 23.4. The van der Waals surface area contributed by atoms with Crippen LogP contribution in [-0.4, -0.2) is 27.0 Å². The number of hydrogen-bond acceptors (Lipinski definition) is 3. The third kappa shape index (κ3) is 4.69. The quantitative estimate of drug-likeness (QED) is 0.244. The Hall–Kier alpha value is -3.96. The highest BCUT2D eigenvalue weighted by molar-refractivity contribution is 5.92. The minimum absolute atomic E-state index is 0.0161. The van der Waals surface area contributed by atoms with Crippen LogP contribution < -0.4 is 5.32 Å². The molecule has 1 saturated carbocycles. The van der Waals surface area contributed by atoms with Crippen molar-refractivity contribution in [3.63, 3.8) is 0 Å². The Morgan fingerprint density at radius 2 is 1.65 bits per heavy atom. The van der Waals surface area contributed by atoms with Crippen molar-refractivity contribution < 1.29 is 9.90 Å². The lowest BCUT2D eigenvalue weighted by molar-refractivity contribution is -0.129. The van der Waals surface area contributed by atoms with Gasteiger partial charge in [0.1, 0.15) is 5.65 Å². The first-order chi connectivity index (χ1) is 19.5. The lowest BCUT2D eigenvalue weighted by Gasteiger charge is -2.37. The van der Waals surface area contributed by atoms with Gasteiger partial charge in [0, 0.05) is 28.8 Å². The SMILES string of the molecule is Cc1cc(C)n2c(n1)c(Cc1ccc(C3(C(=O)N[C@H](CO)c4ccccc4)CCCCC3)cc1)c1ccccc12. The Morgan fingerprint density at radius 3 is 2.38 bits per heavy atom. The van der Waals surface area contributed by atoms with E-state index in [0.29, 0.717) is 0 Å². The van der Waals surface area contributed by atoms with Gasteiger partial charge in [0.05, 0.1) is 23.6 Å². The first-order valence-corrected chi connectivity index (χ1v) is 14.4. The Morgan fingerprint density at radius 1 is 0.950 bits per heavy atom. The second kappa shape index (κ2) is 10.9. The number of aryl methyl sites for hydroxylation is 2. The van der Waals surface area contributed by atoms with Gasteiger partial charge in [-0.1, -0.05) is 92.1 Å². The zero-order chi connectivity index (χ0) is 27.7. The second-order valence-electron chi connectivity index (χ2n) is 11.3. The summed E-state index contributed by atoms with van der Waals surface area (Å²) < 4.78 is 2.26. The second-order valence-corrected chi connectivity index (χ2v) is 11.3. The molecule has 204 valence electrons. The Labute approximate surface area is 235 Å². The molecule has 0 aliphatic heterocycles. The first-order valence-electron chi connectivity index (χ1n) is 14.4. The predicted molar refractivity (Wildman–Crippen MR) is 161 cm³/mol. The number of para-hydroxylation sites is 1. The van der Waals surface area contributed by atoms with E-state index in [-0.39, 0.29) is 12.5 Å². The summed E-state index contributed by atoms with van der Waals surface area (Å²) in [7, 11) is 0. The summed E-state index contributed by atoms with van der Waals surface area (Å²) in [4.78, 5) is 18.9. The van der Waals surface area contributed by atoms with Crippen LogP contribution in [0.4, 0.5) is 0 Å². The molecular weight excluding hydrogens is 494 g/mol. The number of carbonyl (C=O) groups excluding carboxylic acids is 1. The summed E-state index contributed by atoms with van der Waals surface area (Å²) in [5.74, 6) is 0.0161. The van der Waals surface area contributed by atoms with Crippen LogP contribution in [0.25, 0.3) is 16.6 Å². The summed E-state index contributed by atoms with van der Waals surface area (Å²) in [6.45, 7) is 4.06. The van der Waals surface area contributed by atoms with Gasteiger partial charge in [-0.25, -0.2) is 4.98 Å². The van der Waals surface area contributed by atoms with Gasteiger partial charge in [-0.3, -0.25) is 9.20 Å². The number of aliphatic hydroxyl groups is 1. The van der Waals surface area contributed by atoms with E-state index in [0.717, 1.165) is 61.0 Å². The van der Waals surface area contributed by atoms with E-state index in [1.807, 2.05) is 30.3 Å². The van der Waals surface area contributed by atoms with E-state index in [9.17, 15) is 9.90 Å². The van der Waals surface area contributed by atoms with Crippen LogP contribution in [-0.2, 0) is 16.6 Å². The fourth-order valence-corrected chi connectivity index (χ4v) is 6.67. The van der Waals surface area contributed by atoms with E-state index in [4.69, 9.17) is 4.98 Å².